The number of hydrogen-bond donors (Lipinski definition) is 0. The first kappa shape index (κ1) is 19.4. The summed E-state index contributed by atoms with van der Waals surface area (Å²) in [7, 11) is -3.65. The first-order valence-electron chi connectivity index (χ1n) is 10.1. The van der Waals surface area contributed by atoms with Crippen LogP contribution < -0.4 is 0 Å². The van der Waals surface area contributed by atoms with E-state index in [1.54, 1.807) is 16.4 Å². The minimum atomic E-state index is -3.65. The Hall–Kier alpha value is -2.56. The van der Waals surface area contributed by atoms with Gasteiger partial charge in [-0.2, -0.15) is 0 Å². The van der Waals surface area contributed by atoms with Crippen molar-refractivity contribution in [2.24, 2.45) is 0 Å². The minimum absolute atomic E-state index is 0.0130. The highest BCUT2D eigenvalue weighted by Crippen LogP contribution is 2.52. The number of benzene rings is 3. The van der Waals surface area contributed by atoms with Crippen LogP contribution in [0.15, 0.2) is 83.3 Å². The molecule has 0 saturated heterocycles. The van der Waals surface area contributed by atoms with E-state index in [0.717, 1.165) is 46.4 Å². The third-order valence-electron chi connectivity index (χ3n) is 6.06. The number of halogens is 1. The fourth-order valence-corrected chi connectivity index (χ4v) is 6.49. The van der Waals surface area contributed by atoms with Crippen LogP contribution in [-0.4, -0.2) is 19.3 Å². The lowest BCUT2D eigenvalue weighted by molar-refractivity contribution is 0.483. The normalized spacial score (nSPS) is 18.3. The highest BCUT2D eigenvalue weighted by atomic mass is 35.5. The van der Waals surface area contributed by atoms with Crippen LogP contribution in [0.2, 0.25) is 5.02 Å². The van der Waals surface area contributed by atoms with Gasteiger partial charge in [-0.1, -0.05) is 71.8 Å². The van der Waals surface area contributed by atoms with E-state index in [4.69, 9.17) is 11.6 Å². The smallest absolute Gasteiger partial charge is 0.264 e. The Balaban J connectivity index is 1.71. The van der Waals surface area contributed by atoms with Crippen LogP contribution >= 0.6 is 11.6 Å². The molecule has 3 nitrogen and oxygen atoms in total. The third kappa shape index (κ3) is 2.98. The molecule has 1 aliphatic carbocycles. The van der Waals surface area contributed by atoms with Gasteiger partial charge >= 0.3 is 0 Å². The number of nitrogens with zero attached hydrogens (tertiary/aromatic N) is 1. The molecule has 3 aromatic rings. The molecular formula is C25H22ClNO2S. The van der Waals surface area contributed by atoms with Gasteiger partial charge in [0.05, 0.1) is 10.6 Å². The van der Waals surface area contributed by atoms with Crippen molar-refractivity contribution in [2.45, 2.75) is 30.6 Å². The summed E-state index contributed by atoms with van der Waals surface area (Å²) in [6.07, 6.45) is 1.65. The van der Waals surface area contributed by atoms with Crippen LogP contribution in [0.4, 0.5) is 0 Å². The van der Waals surface area contributed by atoms with E-state index in [9.17, 15) is 8.42 Å². The standard InChI is InChI=1S/C25H22ClNO2S/c1-17-12-14-18(15-13-17)30(28,29)27-16-6-10-22-24(21-9-4-5-11-23(21)26)19-7-2-3-8-20(19)25(22)27/h2-5,7-9,11-15,24H,6,10,16H2,1H3. The maximum absolute atomic E-state index is 13.6. The molecule has 0 aromatic heterocycles. The summed E-state index contributed by atoms with van der Waals surface area (Å²) in [4.78, 5) is 0.334. The van der Waals surface area contributed by atoms with Crippen LogP contribution in [0.5, 0.6) is 0 Å². The van der Waals surface area contributed by atoms with E-state index in [2.05, 4.69) is 6.07 Å². The molecule has 152 valence electrons. The van der Waals surface area contributed by atoms with E-state index in [1.165, 1.54) is 0 Å². The first-order chi connectivity index (χ1) is 14.5. The lowest BCUT2D eigenvalue weighted by Gasteiger charge is -2.32. The van der Waals surface area contributed by atoms with Crippen LogP contribution in [0.25, 0.3) is 5.70 Å². The Morgan fingerprint density at radius 1 is 0.900 bits per heavy atom. The minimum Gasteiger partial charge on any atom is -0.266 e. The molecule has 5 rings (SSSR count). The predicted octanol–water partition coefficient (Wildman–Crippen LogP) is 5.99. The zero-order chi connectivity index (χ0) is 20.9. The lowest BCUT2D eigenvalue weighted by atomic mass is 9.86. The van der Waals surface area contributed by atoms with E-state index in [-0.39, 0.29) is 5.92 Å². The van der Waals surface area contributed by atoms with Crippen LogP contribution in [-0.2, 0) is 10.0 Å². The van der Waals surface area contributed by atoms with Crippen molar-refractivity contribution in [3.8, 4) is 0 Å². The largest absolute Gasteiger partial charge is 0.266 e. The van der Waals surface area contributed by atoms with Gasteiger partial charge in [0.25, 0.3) is 10.0 Å². The molecule has 0 amide bonds. The summed E-state index contributed by atoms with van der Waals surface area (Å²) in [5.41, 5.74) is 6.17. The molecule has 2 aliphatic rings. The van der Waals surface area contributed by atoms with Crippen molar-refractivity contribution in [2.75, 3.05) is 6.54 Å². The summed E-state index contributed by atoms with van der Waals surface area (Å²) in [5, 5.41) is 0.713. The highest BCUT2D eigenvalue weighted by molar-refractivity contribution is 7.89. The molecule has 0 bridgehead atoms. The molecule has 3 aromatic carbocycles. The Kier molecular flexibility index (Phi) is 4.72. The van der Waals surface area contributed by atoms with Gasteiger partial charge in [-0.25, -0.2) is 8.42 Å². The number of hydrogen-bond acceptors (Lipinski definition) is 2. The summed E-state index contributed by atoms with van der Waals surface area (Å²) in [5.74, 6) is -0.0130. The predicted molar refractivity (Wildman–Crippen MR) is 121 cm³/mol. The molecule has 1 heterocycles. The SMILES string of the molecule is Cc1ccc(S(=O)(=O)N2CCCC3=C2c2ccccc2C3c2ccccc2Cl)cc1. The van der Waals surface area contributed by atoms with Gasteiger partial charge in [0.1, 0.15) is 0 Å². The van der Waals surface area contributed by atoms with Gasteiger partial charge in [-0.3, -0.25) is 4.31 Å². The fraction of sp³-hybridized carbons (Fsp3) is 0.200. The molecule has 0 radical (unpaired) electrons. The maximum Gasteiger partial charge on any atom is 0.264 e. The summed E-state index contributed by atoms with van der Waals surface area (Å²) in [6, 6.07) is 23.1. The molecule has 5 heteroatoms. The van der Waals surface area contributed by atoms with Crippen LogP contribution in [0.3, 0.4) is 0 Å². The second kappa shape index (κ2) is 7.29. The monoisotopic (exact) mass is 435 g/mol. The molecular weight excluding hydrogens is 414 g/mol. The third-order valence-corrected chi connectivity index (χ3v) is 8.22. The van der Waals surface area contributed by atoms with Gasteiger partial charge in [0.15, 0.2) is 0 Å². The number of rotatable bonds is 3. The van der Waals surface area contributed by atoms with Crippen molar-refractivity contribution < 1.29 is 8.42 Å². The summed E-state index contributed by atoms with van der Waals surface area (Å²) < 4.78 is 28.9. The molecule has 30 heavy (non-hydrogen) atoms. The number of aryl methyl sites for hydroxylation is 1. The van der Waals surface area contributed by atoms with Gasteiger partial charge < -0.3 is 0 Å². The fourth-order valence-electron chi connectivity index (χ4n) is 4.69. The zero-order valence-corrected chi connectivity index (χ0v) is 18.2. The van der Waals surface area contributed by atoms with Gasteiger partial charge in [-0.15, -0.1) is 0 Å². The molecule has 0 saturated carbocycles. The Morgan fingerprint density at radius 2 is 1.57 bits per heavy atom. The van der Waals surface area contributed by atoms with E-state index >= 15 is 0 Å². The van der Waals surface area contributed by atoms with Crippen molar-refractivity contribution in [1.82, 2.24) is 4.31 Å². The molecule has 1 aliphatic heterocycles. The average molecular weight is 436 g/mol. The summed E-state index contributed by atoms with van der Waals surface area (Å²) in [6.45, 7) is 2.44. The Labute approximate surface area is 182 Å². The number of allylic oxidation sites excluding steroid dienone is 1. The topological polar surface area (TPSA) is 37.4 Å². The van der Waals surface area contributed by atoms with Crippen molar-refractivity contribution in [3.63, 3.8) is 0 Å². The maximum atomic E-state index is 13.6. The van der Waals surface area contributed by atoms with Crippen molar-refractivity contribution in [3.05, 3.63) is 106 Å². The summed E-state index contributed by atoms with van der Waals surface area (Å²) >= 11 is 6.58. The lowest BCUT2D eigenvalue weighted by Crippen LogP contribution is -2.33. The molecule has 1 unspecified atom stereocenters. The Morgan fingerprint density at radius 3 is 2.30 bits per heavy atom. The molecule has 0 fully saturated rings. The van der Waals surface area contributed by atoms with E-state index in [0.29, 0.717) is 16.5 Å². The number of fused-ring (bicyclic) bond motifs is 2. The second-order valence-corrected chi connectivity index (χ2v) is 10.2. The van der Waals surface area contributed by atoms with Gasteiger partial charge in [0.2, 0.25) is 0 Å². The van der Waals surface area contributed by atoms with E-state index in [1.807, 2.05) is 61.5 Å². The molecule has 0 N–H and O–H groups in total. The first-order valence-corrected chi connectivity index (χ1v) is 12.0. The average Bonchev–Trinajstić information content (AvgIpc) is 3.09. The van der Waals surface area contributed by atoms with Crippen molar-refractivity contribution >= 4 is 27.3 Å². The zero-order valence-electron chi connectivity index (χ0n) is 16.7. The Bertz CT molecular complexity index is 1260. The van der Waals surface area contributed by atoms with Crippen LogP contribution in [0.1, 0.15) is 41.0 Å². The molecule has 1 atom stereocenters. The number of sulfonamides is 1. The highest BCUT2D eigenvalue weighted by Gasteiger charge is 2.41. The van der Waals surface area contributed by atoms with Gasteiger partial charge in [-0.05, 0) is 54.7 Å². The quantitative estimate of drug-likeness (QED) is 0.506. The molecule has 0 spiro atoms. The van der Waals surface area contributed by atoms with Crippen LogP contribution in [0, 0.1) is 6.92 Å². The van der Waals surface area contributed by atoms with Crippen molar-refractivity contribution in [1.29, 1.82) is 0 Å². The van der Waals surface area contributed by atoms with E-state index < -0.39 is 10.0 Å². The van der Waals surface area contributed by atoms with Gasteiger partial charge in [0, 0.05) is 23.0 Å². The second-order valence-electron chi connectivity index (χ2n) is 7.91.